The minimum absolute atomic E-state index is 0.0826. The first-order valence-corrected chi connectivity index (χ1v) is 6.57. The largest absolute Gasteiger partial charge is 0.497 e. The average molecular weight is 265 g/mol. The lowest BCUT2D eigenvalue weighted by atomic mass is 10.2. The van der Waals surface area contributed by atoms with Gasteiger partial charge in [-0.2, -0.15) is 0 Å². The smallest absolute Gasteiger partial charge is 0.308 e. The summed E-state index contributed by atoms with van der Waals surface area (Å²) in [7, 11) is 1.65. The van der Waals surface area contributed by atoms with Gasteiger partial charge in [0.15, 0.2) is 0 Å². The molecule has 0 spiro atoms. The lowest BCUT2D eigenvalue weighted by Crippen LogP contribution is -2.29. The summed E-state index contributed by atoms with van der Waals surface area (Å²) in [4.78, 5) is 11.4. The first kappa shape index (κ1) is 15.5. The summed E-state index contributed by atoms with van der Waals surface area (Å²) < 4.78 is 10.4. The molecule has 4 nitrogen and oxygen atoms in total. The molecule has 0 saturated carbocycles. The molecule has 1 atom stereocenters. The monoisotopic (exact) mass is 265 g/mol. The second-order valence-corrected chi connectivity index (χ2v) is 4.88. The van der Waals surface area contributed by atoms with E-state index in [-0.39, 0.29) is 18.0 Å². The van der Waals surface area contributed by atoms with Crippen LogP contribution in [0.4, 0.5) is 0 Å². The van der Waals surface area contributed by atoms with Crippen LogP contribution in [0.25, 0.3) is 0 Å². The maximum Gasteiger partial charge on any atom is 0.308 e. The van der Waals surface area contributed by atoms with Crippen molar-refractivity contribution in [2.45, 2.75) is 33.4 Å². The summed E-state index contributed by atoms with van der Waals surface area (Å²) in [6, 6.07) is 7.88. The van der Waals surface area contributed by atoms with Gasteiger partial charge in [-0.1, -0.05) is 26.0 Å². The zero-order valence-electron chi connectivity index (χ0n) is 12.1. The molecule has 0 bridgehead atoms. The number of hydrogen-bond acceptors (Lipinski definition) is 4. The maximum absolute atomic E-state index is 11.4. The average Bonchev–Trinajstić information content (AvgIpc) is 2.38. The number of carbonyl (C=O) groups excluding carboxylic acids is 1. The maximum atomic E-state index is 11.4. The third-order valence-electron chi connectivity index (χ3n) is 2.68. The van der Waals surface area contributed by atoms with Crippen LogP contribution in [0.1, 0.15) is 26.3 Å². The quantitative estimate of drug-likeness (QED) is 0.769. The molecule has 4 heteroatoms. The fraction of sp³-hybridized carbons (Fsp3) is 0.533. The lowest BCUT2D eigenvalue weighted by Gasteiger charge is -2.15. The van der Waals surface area contributed by atoms with Crippen LogP contribution in [-0.4, -0.2) is 25.7 Å². The summed E-state index contributed by atoms with van der Waals surface area (Å²) >= 11 is 0. The highest BCUT2D eigenvalue weighted by atomic mass is 16.5. The second-order valence-electron chi connectivity index (χ2n) is 4.88. The number of hydrogen-bond donors (Lipinski definition) is 1. The standard InChI is InChI=1S/C15H23NO3/c1-11(2)15(17)19-12(3)9-16-10-13-6-5-7-14(8-13)18-4/h5-8,11-12,16H,9-10H2,1-4H3. The molecule has 0 aliphatic heterocycles. The van der Waals surface area contributed by atoms with Crippen molar-refractivity contribution >= 4 is 5.97 Å². The summed E-state index contributed by atoms with van der Waals surface area (Å²) in [6.07, 6.45) is -0.125. The minimum Gasteiger partial charge on any atom is -0.497 e. The third kappa shape index (κ3) is 5.75. The van der Waals surface area contributed by atoms with Crippen molar-refractivity contribution in [2.75, 3.05) is 13.7 Å². The zero-order chi connectivity index (χ0) is 14.3. The number of ether oxygens (including phenoxy) is 2. The van der Waals surface area contributed by atoms with Gasteiger partial charge in [0.2, 0.25) is 0 Å². The van der Waals surface area contributed by atoms with Gasteiger partial charge < -0.3 is 14.8 Å². The Morgan fingerprint density at radius 2 is 2.05 bits per heavy atom. The van der Waals surface area contributed by atoms with Crippen molar-refractivity contribution in [2.24, 2.45) is 5.92 Å². The molecular weight excluding hydrogens is 242 g/mol. The van der Waals surface area contributed by atoms with Crippen molar-refractivity contribution in [3.8, 4) is 5.75 Å². The van der Waals surface area contributed by atoms with Crippen molar-refractivity contribution < 1.29 is 14.3 Å². The second kappa shape index (κ2) is 7.79. The van der Waals surface area contributed by atoms with E-state index in [4.69, 9.17) is 9.47 Å². The van der Waals surface area contributed by atoms with Crippen LogP contribution in [-0.2, 0) is 16.1 Å². The van der Waals surface area contributed by atoms with Crippen LogP contribution >= 0.6 is 0 Å². The molecule has 0 aliphatic rings. The highest BCUT2D eigenvalue weighted by Gasteiger charge is 2.12. The van der Waals surface area contributed by atoms with Crippen molar-refractivity contribution in [3.05, 3.63) is 29.8 Å². The molecule has 1 aromatic rings. The Bertz CT molecular complexity index is 404. The summed E-state index contributed by atoms with van der Waals surface area (Å²) in [6.45, 7) is 6.91. The molecule has 0 amide bonds. The highest BCUT2D eigenvalue weighted by Crippen LogP contribution is 2.12. The Morgan fingerprint density at radius 3 is 2.68 bits per heavy atom. The van der Waals surface area contributed by atoms with Crippen molar-refractivity contribution in [3.63, 3.8) is 0 Å². The number of benzene rings is 1. The molecule has 1 rings (SSSR count). The summed E-state index contributed by atoms with van der Waals surface area (Å²) in [5, 5.41) is 3.26. The van der Waals surface area contributed by atoms with Crippen LogP contribution < -0.4 is 10.1 Å². The summed E-state index contributed by atoms with van der Waals surface area (Å²) in [5.74, 6) is 0.607. The van der Waals surface area contributed by atoms with Gasteiger partial charge >= 0.3 is 5.97 Å². The predicted octanol–water partition coefficient (Wildman–Crippen LogP) is 2.37. The first-order chi connectivity index (χ1) is 9.02. The van der Waals surface area contributed by atoms with Crippen LogP contribution in [0.15, 0.2) is 24.3 Å². The molecule has 0 fully saturated rings. The predicted molar refractivity (Wildman–Crippen MR) is 75.1 cm³/mol. The fourth-order valence-corrected chi connectivity index (χ4v) is 1.58. The molecule has 0 aliphatic carbocycles. The van der Waals surface area contributed by atoms with E-state index >= 15 is 0 Å². The molecule has 0 heterocycles. The van der Waals surface area contributed by atoms with E-state index in [1.165, 1.54) is 0 Å². The molecule has 0 saturated heterocycles. The Morgan fingerprint density at radius 1 is 1.32 bits per heavy atom. The molecule has 1 aromatic carbocycles. The Balaban J connectivity index is 2.31. The van der Waals surface area contributed by atoms with Gasteiger partial charge in [0.25, 0.3) is 0 Å². The van der Waals surface area contributed by atoms with Crippen LogP contribution in [0, 0.1) is 5.92 Å². The third-order valence-corrected chi connectivity index (χ3v) is 2.68. The molecular formula is C15H23NO3. The number of nitrogens with one attached hydrogen (secondary N) is 1. The van der Waals surface area contributed by atoms with Gasteiger partial charge in [-0.05, 0) is 24.6 Å². The first-order valence-electron chi connectivity index (χ1n) is 6.57. The van der Waals surface area contributed by atoms with Crippen molar-refractivity contribution in [1.82, 2.24) is 5.32 Å². The van der Waals surface area contributed by atoms with E-state index < -0.39 is 0 Å². The van der Waals surface area contributed by atoms with Gasteiger partial charge in [-0.3, -0.25) is 4.79 Å². The molecule has 1 unspecified atom stereocenters. The van der Waals surface area contributed by atoms with Gasteiger partial charge in [-0.15, -0.1) is 0 Å². The normalized spacial score (nSPS) is 12.3. The van der Waals surface area contributed by atoms with E-state index in [1.54, 1.807) is 7.11 Å². The number of rotatable bonds is 7. The van der Waals surface area contributed by atoms with Crippen LogP contribution in [0.2, 0.25) is 0 Å². The highest BCUT2D eigenvalue weighted by molar-refractivity contribution is 5.71. The fourth-order valence-electron chi connectivity index (χ4n) is 1.58. The molecule has 106 valence electrons. The van der Waals surface area contributed by atoms with E-state index in [1.807, 2.05) is 45.0 Å². The minimum atomic E-state index is -0.157. The van der Waals surface area contributed by atoms with Gasteiger partial charge in [0.1, 0.15) is 11.9 Å². The molecule has 0 aromatic heterocycles. The zero-order valence-corrected chi connectivity index (χ0v) is 12.1. The molecule has 19 heavy (non-hydrogen) atoms. The number of methoxy groups -OCH3 is 1. The van der Waals surface area contributed by atoms with Crippen molar-refractivity contribution in [1.29, 1.82) is 0 Å². The van der Waals surface area contributed by atoms with Crippen LogP contribution in [0.3, 0.4) is 0 Å². The van der Waals surface area contributed by atoms with Gasteiger partial charge in [0, 0.05) is 13.1 Å². The van der Waals surface area contributed by atoms with E-state index in [0.717, 1.165) is 17.9 Å². The van der Waals surface area contributed by atoms with E-state index in [0.29, 0.717) is 6.54 Å². The number of carbonyl (C=O) groups is 1. The number of esters is 1. The molecule has 0 radical (unpaired) electrons. The van der Waals surface area contributed by atoms with E-state index in [2.05, 4.69) is 5.32 Å². The lowest BCUT2D eigenvalue weighted by molar-refractivity contribution is -0.151. The Labute approximate surface area is 115 Å². The topological polar surface area (TPSA) is 47.6 Å². The Kier molecular flexibility index (Phi) is 6.36. The SMILES string of the molecule is COc1cccc(CNCC(C)OC(=O)C(C)C)c1. The van der Waals surface area contributed by atoms with Crippen LogP contribution in [0.5, 0.6) is 5.75 Å². The summed E-state index contributed by atoms with van der Waals surface area (Å²) in [5.41, 5.74) is 1.14. The van der Waals surface area contributed by atoms with Gasteiger partial charge in [0.05, 0.1) is 13.0 Å². The van der Waals surface area contributed by atoms with Gasteiger partial charge in [-0.25, -0.2) is 0 Å². The van der Waals surface area contributed by atoms with E-state index in [9.17, 15) is 4.79 Å². The Hall–Kier alpha value is -1.55. The molecule has 1 N–H and O–H groups in total.